The molecule has 0 aromatic heterocycles. The molecule has 0 radical (unpaired) electrons. The number of hydrogen-bond donors (Lipinski definition) is 1. The van der Waals surface area contributed by atoms with Crippen LogP contribution in [0.1, 0.15) is 57.7 Å². The van der Waals surface area contributed by atoms with Crippen LogP contribution in [-0.2, 0) is 0 Å². The Morgan fingerprint density at radius 2 is 1.47 bits per heavy atom. The fraction of sp³-hybridized carbons (Fsp3) is 0.647. The molecule has 19 heavy (non-hydrogen) atoms. The summed E-state index contributed by atoms with van der Waals surface area (Å²) < 4.78 is 0. The molecule has 2 nitrogen and oxygen atoms in total. The third-order valence-electron chi connectivity index (χ3n) is 3.90. The monoisotopic (exact) mass is 262 g/mol. The minimum atomic E-state index is 0.418. The van der Waals surface area contributed by atoms with Gasteiger partial charge in [0.1, 0.15) is 0 Å². The number of nitrogens with zero attached hydrogens (tertiary/aromatic N) is 1. The zero-order valence-corrected chi connectivity index (χ0v) is 13.4. The van der Waals surface area contributed by atoms with Crippen molar-refractivity contribution < 1.29 is 0 Å². The van der Waals surface area contributed by atoms with E-state index in [0.29, 0.717) is 18.0 Å². The Balaban J connectivity index is 2.43. The van der Waals surface area contributed by atoms with Crippen LogP contribution in [0.3, 0.4) is 0 Å². The van der Waals surface area contributed by atoms with Gasteiger partial charge in [-0.1, -0.05) is 38.1 Å². The molecule has 0 aliphatic heterocycles. The second-order valence-corrected chi connectivity index (χ2v) is 6.07. The van der Waals surface area contributed by atoms with Gasteiger partial charge in [-0.15, -0.1) is 0 Å². The van der Waals surface area contributed by atoms with Gasteiger partial charge in [-0.3, -0.25) is 0 Å². The number of benzene rings is 1. The van der Waals surface area contributed by atoms with Crippen LogP contribution in [0.25, 0.3) is 0 Å². The van der Waals surface area contributed by atoms with E-state index in [4.69, 9.17) is 0 Å². The van der Waals surface area contributed by atoms with E-state index >= 15 is 0 Å². The number of nitrogens with one attached hydrogen (secondary N) is 1. The van der Waals surface area contributed by atoms with Crippen LogP contribution in [0.4, 0.5) is 0 Å². The first-order chi connectivity index (χ1) is 8.91. The lowest BCUT2D eigenvalue weighted by atomic mass is 9.99. The first kappa shape index (κ1) is 16.2. The van der Waals surface area contributed by atoms with Crippen molar-refractivity contribution in [2.24, 2.45) is 0 Å². The van der Waals surface area contributed by atoms with E-state index in [0.717, 1.165) is 13.1 Å². The molecular formula is C17H30N2. The van der Waals surface area contributed by atoms with E-state index in [1.165, 1.54) is 11.1 Å². The van der Waals surface area contributed by atoms with Gasteiger partial charge in [0.05, 0.1) is 0 Å². The van der Waals surface area contributed by atoms with Crippen LogP contribution in [0, 0.1) is 0 Å². The summed E-state index contributed by atoms with van der Waals surface area (Å²) in [6.45, 7) is 13.3. The molecule has 1 unspecified atom stereocenters. The van der Waals surface area contributed by atoms with Crippen LogP contribution in [0.5, 0.6) is 0 Å². The van der Waals surface area contributed by atoms with E-state index in [9.17, 15) is 0 Å². The van der Waals surface area contributed by atoms with Crippen molar-refractivity contribution in [2.75, 3.05) is 20.1 Å². The summed E-state index contributed by atoms with van der Waals surface area (Å²) in [5, 5.41) is 3.59. The standard InChI is InChI=1S/C17H30N2/c1-13(2)16-7-9-17(10-8-16)15(5)18-11-12-19(6)14(3)4/h7-10,13-15,18H,11-12H2,1-6H3. The van der Waals surface area contributed by atoms with Gasteiger partial charge in [0.25, 0.3) is 0 Å². The molecule has 0 aliphatic rings. The van der Waals surface area contributed by atoms with E-state index in [1.807, 2.05) is 0 Å². The van der Waals surface area contributed by atoms with E-state index in [2.05, 4.69) is 76.1 Å². The maximum absolute atomic E-state index is 3.59. The number of likely N-dealkylation sites (N-methyl/N-ethyl adjacent to an activating group) is 1. The van der Waals surface area contributed by atoms with Crippen molar-refractivity contribution in [2.45, 2.75) is 52.6 Å². The van der Waals surface area contributed by atoms with Gasteiger partial charge >= 0.3 is 0 Å². The number of hydrogen-bond acceptors (Lipinski definition) is 2. The van der Waals surface area contributed by atoms with Crippen LogP contribution < -0.4 is 5.32 Å². The highest BCUT2D eigenvalue weighted by Gasteiger charge is 2.07. The highest BCUT2D eigenvalue weighted by Crippen LogP contribution is 2.18. The van der Waals surface area contributed by atoms with Gasteiger partial charge in [-0.25, -0.2) is 0 Å². The average molecular weight is 262 g/mol. The van der Waals surface area contributed by atoms with Crippen molar-refractivity contribution in [1.82, 2.24) is 10.2 Å². The highest BCUT2D eigenvalue weighted by molar-refractivity contribution is 5.26. The molecule has 1 rings (SSSR count). The molecule has 0 saturated carbocycles. The smallest absolute Gasteiger partial charge is 0.0292 e. The molecule has 0 bridgehead atoms. The summed E-state index contributed by atoms with van der Waals surface area (Å²) in [6, 6.07) is 10.0. The fourth-order valence-corrected chi connectivity index (χ4v) is 2.00. The first-order valence-electron chi connectivity index (χ1n) is 7.45. The normalized spacial score (nSPS) is 13.5. The second kappa shape index (κ2) is 7.66. The molecule has 1 atom stereocenters. The van der Waals surface area contributed by atoms with Crippen LogP contribution in [-0.4, -0.2) is 31.1 Å². The number of rotatable bonds is 7. The third-order valence-corrected chi connectivity index (χ3v) is 3.90. The quantitative estimate of drug-likeness (QED) is 0.804. The summed E-state index contributed by atoms with van der Waals surface area (Å²) in [7, 11) is 2.18. The molecule has 1 N–H and O–H groups in total. The van der Waals surface area contributed by atoms with Crippen molar-refractivity contribution in [3.63, 3.8) is 0 Å². The van der Waals surface area contributed by atoms with Gasteiger partial charge in [0, 0.05) is 25.2 Å². The molecule has 2 heteroatoms. The summed E-state index contributed by atoms with van der Waals surface area (Å²) in [5.74, 6) is 0.608. The summed E-state index contributed by atoms with van der Waals surface area (Å²) in [4.78, 5) is 2.36. The zero-order valence-electron chi connectivity index (χ0n) is 13.4. The Morgan fingerprint density at radius 1 is 0.947 bits per heavy atom. The Labute approximate surface area is 119 Å². The lowest BCUT2D eigenvalue weighted by Gasteiger charge is -2.22. The Bertz CT molecular complexity index is 354. The topological polar surface area (TPSA) is 15.3 Å². The third kappa shape index (κ3) is 5.33. The molecule has 0 spiro atoms. The second-order valence-electron chi connectivity index (χ2n) is 6.07. The average Bonchev–Trinajstić information content (AvgIpc) is 2.38. The Kier molecular flexibility index (Phi) is 6.53. The summed E-state index contributed by atoms with van der Waals surface area (Å²) in [6.07, 6.45) is 0. The van der Waals surface area contributed by atoms with Gasteiger partial charge in [-0.2, -0.15) is 0 Å². The highest BCUT2D eigenvalue weighted by atomic mass is 15.1. The van der Waals surface area contributed by atoms with Crippen molar-refractivity contribution in [3.8, 4) is 0 Å². The van der Waals surface area contributed by atoms with Crippen molar-refractivity contribution >= 4 is 0 Å². The largest absolute Gasteiger partial charge is 0.309 e. The van der Waals surface area contributed by atoms with Crippen LogP contribution in [0.15, 0.2) is 24.3 Å². The molecule has 108 valence electrons. The van der Waals surface area contributed by atoms with Crippen molar-refractivity contribution in [3.05, 3.63) is 35.4 Å². The van der Waals surface area contributed by atoms with E-state index in [-0.39, 0.29) is 0 Å². The van der Waals surface area contributed by atoms with Crippen LogP contribution in [0.2, 0.25) is 0 Å². The lowest BCUT2D eigenvalue weighted by Crippen LogP contribution is -2.34. The first-order valence-corrected chi connectivity index (χ1v) is 7.45. The SMILES string of the molecule is CC(C)c1ccc(C(C)NCCN(C)C(C)C)cc1. The van der Waals surface area contributed by atoms with E-state index < -0.39 is 0 Å². The van der Waals surface area contributed by atoms with E-state index in [1.54, 1.807) is 0 Å². The predicted octanol–water partition coefficient (Wildman–Crippen LogP) is 3.80. The molecule has 1 aromatic rings. The molecule has 1 aromatic carbocycles. The minimum Gasteiger partial charge on any atom is -0.309 e. The fourth-order valence-electron chi connectivity index (χ4n) is 2.00. The van der Waals surface area contributed by atoms with Crippen LogP contribution >= 0.6 is 0 Å². The lowest BCUT2D eigenvalue weighted by molar-refractivity contribution is 0.270. The Morgan fingerprint density at radius 3 is 1.95 bits per heavy atom. The summed E-state index contributed by atoms with van der Waals surface area (Å²) >= 11 is 0. The van der Waals surface area contributed by atoms with Crippen molar-refractivity contribution in [1.29, 1.82) is 0 Å². The summed E-state index contributed by atoms with van der Waals surface area (Å²) in [5.41, 5.74) is 2.78. The molecule has 0 saturated heterocycles. The van der Waals surface area contributed by atoms with Gasteiger partial charge in [0.15, 0.2) is 0 Å². The maximum atomic E-state index is 3.59. The molecule has 0 aliphatic carbocycles. The molecular weight excluding hydrogens is 232 g/mol. The molecule has 0 heterocycles. The molecule has 0 fully saturated rings. The van der Waals surface area contributed by atoms with Gasteiger partial charge in [0.2, 0.25) is 0 Å². The molecule has 0 amide bonds. The zero-order chi connectivity index (χ0) is 14.4. The Hall–Kier alpha value is -0.860. The van der Waals surface area contributed by atoms with Gasteiger partial charge < -0.3 is 10.2 Å². The maximum Gasteiger partial charge on any atom is 0.0292 e. The predicted molar refractivity (Wildman–Crippen MR) is 84.7 cm³/mol. The van der Waals surface area contributed by atoms with Gasteiger partial charge in [-0.05, 0) is 44.9 Å². The minimum absolute atomic E-state index is 0.418.